The van der Waals surface area contributed by atoms with Crippen LogP contribution in [0, 0.1) is 6.92 Å². The highest BCUT2D eigenvalue weighted by Gasteiger charge is 2.51. The number of hydrogen-bond acceptors (Lipinski definition) is 2. The third kappa shape index (κ3) is 2.13. The van der Waals surface area contributed by atoms with Crippen LogP contribution >= 0.6 is 11.3 Å². The van der Waals surface area contributed by atoms with Gasteiger partial charge in [0.15, 0.2) is 5.33 Å². The van der Waals surface area contributed by atoms with Gasteiger partial charge in [0, 0.05) is 20.7 Å². The number of thiophene rings is 1. The van der Waals surface area contributed by atoms with Crippen LogP contribution in [0.5, 0.6) is 0 Å². The number of aryl methyl sites for hydroxylation is 1. The van der Waals surface area contributed by atoms with Crippen molar-refractivity contribution in [2.75, 3.05) is 7.05 Å². The van der Waals surface area contributed by atoms with Gasteiger partial charge in [-0.05, 0) is 30.0 Å². The molecule has 5 aromatic rings. The first-order valence-corrected chi connectivity index (χ1v) is 13.8. The molecule has 1 aliphatic rings. The van der Waals surface area contributed by atoms with E-state index in [9.17, 15) is 0 Å². The van der Waals surface area contributed by atoms with Gasteiger partial charge in [0.05, 0.1) is 5.56 Å². The van der Waals surface area contributed by atoms with E-state index in [1.54, 1.807) is 5.19 Å². The molecule has 0 unspecified atom stereocenters. The topological polar surface area (TPSA) is 16.1 Å². The van der Waals surface area contributed by atoms with Gasteiger partial charge in [0.1, 0.15) is 18.2 Å². The van der Waals surface area contributed by atoms with Crippen molar-refractivity contribution in [3.63, 3.8) is 0 Å². The Kier molecular flexibility index (Phi) is 3.37. The zero-order chi connectivity index (χ0) is 19.9. The van der Waals surface area contributed by atoms with Gasteiger partial charge in [-0.1, -0.05) is 73.0 Å². The lowest BCUT2D eigenvalue weighted by Gasteiger charge is -2.17. The van der Waals surface area contributed by atoms with Crippen LogP contribution in [0.25, 0.3) is 32.0 Å². The third-order valence-corrected chi connectivity index (χ3v) is 11.4. The lowest BCUT2D eigenvalue weighted by atomic mass is 10.0. The first kappa shape index (κ1) is 17.2. The number of hydrogen-bond donors (Lipinski definition) is 0. The largest absolute Gasteiger partial charge is 0.455 e. The molecule has 3 heterocycles. The molecule has 6 rings (SSSR count). The van der Waals surface area contributed by atoms with Crippen LogP contribution in [0.1, 0.15) is 11.1 Å². The lowest BCUT2D eigenvalue weighted by molar-refractivity contribution is -0.394. The Balaban J connectivity index is 1.73. The Bertz CT molecular complexity index is 1500. The quantitative estimate of drug-likeness (QED) is 0.232. The van der Waals surface area contributed by atoms with Crippen LogP contribution in [0.2, 0.25) is 13.1 Å². The fraction of sp³-hybridized carbons (Fsp3) is 0.160. The highest BCUT2D eigenvalue weighted by atomic mass is 32.1. The first-order chi connectivity index (χ1) is 14.0. The van der Waals surface area contributed by atoms with Crippen LogP contribution in [0.15, 0.2) is 65.1 Å². The molecule has 2 aromatic heterocycles. The van der Waals surface area contributed by atoms with Gasteiger partial charge < -0.3 is 4.42 Å². The van der Waals surface area contributed by atoms with Crippen LogP contribution in [0.3, 0.4) is 0 Å². The lowest BCUT2D eigenvalue weighted by Crippen LogP contribution is -2.48. The average molecular weight is 413 g/mol. The standard InChI is InChI=1S/C25H22NOSSi/c1-15-13-14-17-16-9-5-7-11-19(16)27-22(17)21(15)25-26(2)24-23(29(25,3)4)18-10-6-8-12-20(18)28-24/h5-14H,1-4H3/q+1. The molecule has 0 aliphatic carbocycles. The maximum Gasteiger partial charge on any atom is 0.262 e. The molecule has 29 heavy (non-hydrogen) atoms. The van der Waals surface area contributed by atoms with E-state index in [-0.39, 0.29) is 0 Å². The predicted octanol–water partition coefficient (Wildman–Crippen LogP) is 6.34. The van der Waals surface area contributed by atoms with E-state index in [4.69, 9.17) is 4.42 Å². The Morgan fingerprint density at radius 2 is 1.59 bits per heavy atom. The molecule has 0 atom stereocenters. The van der Waals surface area contributed by atoms with Crippen molar-refractivity contribution >= 4 is 67.0 Å². The molecule has 0 bridgehead atoms. The average Bonchev–Trinajstić information content (AvgIpc) is 3.33. The second kappa shape index (κ2) is 5.68. The third-order valence-electron chi connectivity index (χ3n) is 6.43. The van der Waals surface area contributed by atoms with Crippen molar-refractivity contribution in [2.45, 2.75) is 20.0 Å². The smallest absolute Gasteiger partial charge is 0.262 e. The normalized spacial score (nSPS) is 15.7. The fourth-order valence-corrected chi connectivity index (χ4v) is 11.1. The molecule has 0 spiro atoms. The summed E-state index contributed by atoms with van der Waals surface area (Å²) in [6.07, 6.45) is 0. The van der Waals surface area contributed by atoms with E-state index < -0.39 is 8.07 Å². The van der Waals surface area contributed by atoms with E-state index >= 15 is 0 Å². The van der Waals surface area contributed by atoms with Crippen molar-refractivity contribution < 1.29 is 8.99 Å². The predicted molar refractivity (Wildman–Crippen MR) is 127 cm³/mol. The highest BCUT2D eigenvalue weighted by Crippen LogP contribution is 2.41. The molecule has 0 radical (unpaired) electrons. The maximum absolute atomic E-state index is 6.46. The van der Waals surface area contributed by atoms with Crippen LogP contribution in [-0.2, 0) is 0 Å². The number of para-hydroxylation sites is 1. The molecule has 3 aromatic carbocycles. The van der Waals surface area contributed by atoms with Crippen molar-refractivity contribution in [1.82, 2.24) is 0 Å². The molecule has 1 aliphatic heterocycles. The summed E-state index contributed by atoms with van der Waals surface area (Å²) in [6.45, 7) is 7.20. The molecular formula is C25H22NOSSi+. The molecule has 142 valence electrons. The summed E-state index contributed by atoms with van der Waals surface area (Å²) < 4.78 is 10.3. The van der Waals surface area contributed by atoms with Crippen LogP contribution in [0.4, 0.5) is 5.00 Å². The summed E-state index contributed by atoms with van der Waals surface area (Å²) in [7, 11) is 0.331. The van der Waals surface area contributed by atoms with E-state index in [1.165, 1.54) is 42.3 Å². The molecule has 0 saturated carbocycles. The SMILES string of the molecule is Cc1ccc2c(oc3ccccc32)c1C1=[N+](C)c2sc3ccccc3c2[Si]1(C)C. The number of furan rings is 1. The van der Waals surface area contributed by atoms with Crippen molar-refractivity contribution in [3.8, 4) is 0 Å². The van der Waals surface area contributed by atoms with Gasteiger partial charge in [0.25, 0.3) is 5.00 Å². The summed E-state index contributed by atoms with van der Waals surface area (Å²) in [6, 6.07) is 21.7. The van der Waals surface area contributed by atoms with Gasteiger partial charge in [-0.15, -0.1) is 0 Å². The maximum atomic E-state index is 6.46. The van der Waals surface area contributed by atoms with Crippen molar-refractivity contribution in [3.05, 3.63) is 71.8 Å². The summed E-state index contributed by atoms with van der Waals surface area (Å²) in [4.78, 5) is 0. The summed E-state index contributed by atoms with van der Waals surface area (Å²) >= 11 is 1.92. The van der Waals surface area contributed by atoms with Gasteiger partial charge in [-0.3, -0.25) is 0 Å². The minimum absolute atomic E-state index is 0.968. The van der Waals surface area contributed by atoms with Gasteiger partial charge in [-0.25, -0.2) is 0 Å². The van der Waals surface area contributed by atoms with Gasteiger partial charge in [-0.2, -0.15) is 4.58 Å². The molecule has 2 nitrogen and oxygen atoms in total. The Labute approximate surface area is 174 Å². The van der Waals surface area contributed by atoms with Crippen molar-refractivity contribution in [1.29, 1.82) is 0 Å². The molecule has 0 amide bonds. The van der Waals surface area contributed by atoms with Crippen LogP contribution in [-0.4, -0.2) is 25.0 Å². The second-order valence-electron chi connectivity index (χ2n) is 8.54. The second-order valence-corrected chi connectivity index (χ2v) is 13.8. The first-order valence-electron chi connectivity index (χ1n) is 10.0. The Hall–Kier alpha value is -2.69. The minimum Gasteiger partial charge on any atom is -0.455 e. The Morgan fingerprint density at radius 1 is 0.862 bits per heavy atom. The van der Waals surface area contributed by atoms with Crippen LogP contribution < -0.4 is 5.19 Å². The Morgan fingerprint density at radius 3 is 2.41 bits per heavy atom. The van der Waals surface area contributed by atoms with Crippen molar-refractivity contribution in [2.24, 2.45) is 0 Å². The van der Waals surface area contributed by atoms with E-state index in [0.717, 1.165) is 11.2 Å². The highest BCUT2D eigenvalue weighted by molar-refractivity contribution is 7.29. The molecule has 0 fully saturated rings. The van der Waals surface area contributed by atoms with E-state index in [0.29, 0.717) is 0 Å². The van der Waals surface area contributed by atoms with E-state index in [1.807, 2.05) is 11.3 Å². The summed E-state index contributed by atoms with van der Waals surface area (Å²) in [5.74, 6) is 0. The molecular weight excluding hydrogens is 390 g/mol. The van der Waals surface area contributed by atoms with Gasteiger partial charge >= 0.3 is 0 Å². The zero-order valence-corrected chi connectivity index (χ0v) is 18.9. The van der Waals surface area contributed by atoms with Gasteiger partial charge in [0.2, 0.25) is 8.07 Å². The zero-order valence-electron chi connectivity index (χ0n) is 17.0. The molecule has 0 N–H and O–H groups in total. The molecule has 0 saturated heterocycles. The number of benzene rings is 3. The minimum atomic E-state index is -1.91. The monoisotopic (exact) mass is 412 g/mol. The summed E-state index contributed by atoms with van der Waals surface area (Å²) in [5, 5.41) is 8.29. The fourth-order valence-electron chi connectivity index (χ4n) is 5.17. The van der Waals surface area contributed by atoms with E-state index in [2.05, 4.69) is 92.3 Å². The number of rotatable bonds is 1. The molecule has 4 heteroatoms. The number of nitrogens with zero attached hydrogens (tertiary/aromatic N) is 1. The number of fused-ring (bicyclic) bond motifs is 6. The summed E-state index contributed by atoms with van der Waals surface area (Å²) in [5.41, 5.74) is 4.59.